The summed E-state index contributed by atoms with van der Waals surface area (Å²) in [5.41, 5.74) is 1.95. The van der Waals surface area contributed by atoms with Gasteiger partial charge >= 0.3 is 12.0 Å². The molecule has 1 aromatic rings. The molecule has 7 nitrogen and oxygen atoms in total. The van der Waals surface area contributed by atoms with Gasteiger partial charge in [0.2, 0.25) is 5.91 Å². The van der Waals surface area contributed by atoms with Gasteiger partial charge in [0, 0.05) is 31.5 Å². The van der Waals surface area contributed by atoms with Crippen LogP contribution >= 0.6 is 0 Å². The molecule has 26 heavy (non-hydrogen) atoms. The fourth-order valence-electron chi connectivity index (χ4n) is 3.07. The molecule has 2 heterocycles. The van der Waals surface area contributed by atoms with Crippen LogP contribution in [0, 0.1) is 0 Å². The minimum atomic E-state index is -3.64. The Kier molecular flexibility index (Phi) is 4.80. The molecule has 0 bridgehead atoms. The second-order valence-corrected chi connectivity index (χ2v) is 6.49. The summed E-state index contributed by atoms with van der Waals surface area (Å²) in [5, 5.41) is 4.76. The normalized spacial score (nSPS) is 20.0. The number of nitrogens with one attached hydrogen (secondary N) is 2. The minimum Gasteiger partial charge on any atom is -0.351 e. The first kappa shape index (κ1) is 18.1. The van der Waals surface area contributed by atoms with Crippen molar-refractivity contribution in [2.24, 2.45) is 0 Å². The molecule has 0 saturated carbocycles. The first-order chi connectivity index (χ1) is 12.3. The maximum Gasteiger partial charge on any atom is 0.341 e. The van der Waals surface area contributed by atoms with Crippen LogP contribution in [-0.2, 0) is 16.0 Å². The van der Waals surface area contributed by atoms with Crippen LogP contribution in [0.25, 0.3) is 0 Å². The van der Waals surface area contributed by atoms with Crippen LogP contribution in [0.2, 0.25) is 0 Å². The molecule has 4 amide bonds. The maximum atomic E-state index is 14.0. The summed E-state index contributed by atoms with van der Waals surface area (Å²) >= 11 is 0. The third kappa shape index (κ3) is 3.61. The van der Waals surface area contributed by atoms with Gasteiger partial charge < -0.3 is 20.4 Å². The van der Waals surface area contributed by atoms with Gasteiger partial charge in [-0.25, -0.2) is 4.79 Å². The Balaban J connectivity index is 1.73. The van der Waals surface area contributed by atoms with Gasteiger partial charge in [-0.2, -0.15) is 8.78 Å². The average molecular weight is 366 g/mol. The van der Waals surface area contributed by atoms with E-state index in [0.717, 1.165) is 16.2 Å². The van der Waals surface area contributed by atoms with E-state index in [-0.39, 0.29) is 25.4 Å². The number of nitrogens with zero attached hydrogens (tertiary/aromatic N) is 2. The van der Waals surface area contributed by atoms with Crippen LogP contribution < -0.4 is 15.5 Å². The third-order valence-electron chi connectivity index (χ3n) is 4.56. The molecule has 0 spiro atoms. The number of likely N-dealkylation sites (N-methyl/N-ethyl adjacent to an activating group) is 1. The van der Waals surface area contributed by atoms with Crippen molar-refractivity contribution in [3.8, 4) is 0 Å². The van der Waals surface area contributed by atoms with Gasteiger partial charge in [-0.05, 0) is 36.6 Å². The molecule has 0 atom stereocenters. The fourth-order valence-corrected chi connectivity index (χ4v) is 3.07. The SMILES string of the molecule is CN1C(=O)Cc2cc(NC(=O)N3CCCCNC(=O)C(F)(F)C3)ccc21. The number of urea groups is 1. The number of fused-ring (bicyclic) bond motifs is 1. The molecule has 3 rings (SSSR count). The lowest BCUT2D eigenvalue weighted by Gasteiger charge is -2.26. The minimum absolute atomic E-state index is 0.0471. The smallest absolute Gasteiger partial charge is 0.341 e. The number of carbonyl (C=O) groups excluding carboxylic acids is 3. The Morgan fingerprint density at radius 2 is 2.04 bits per heavy atom. The molecule has 140 valence electrons. The van der Waals surface area contributed by atoms with E-state index in [0.29, 0.717) is 18.5 Å². The number of benzene rings is 1. The zero-order valence-electron chi connectivity index (χ0n) is 14.3. The molecule has 0 unspecified atom stereocenters. The Morgan fingerprint density at radius 3 is 2.81 bits per heavy atom. The second kappa shape index (κ2) is 6.89. The van der Waals surface area contributed by atoms with Crippen LogP contribution in [-0.4, -0.2) is 55.3 Å². The largest absolute Gasteiger partial charge is 0.351 e. The van der Waals surface area contributed by atoms with Gasteiger partial charge in [0.05, 0.1) is 13.0 Å². The predicted molar refractivity (Wildman–Crippen MR) is 91.3 cm³/mol. The zero-order valence-corrected chi connectivity index (χ0v) is 14.3. The molecule has 1 saturated heterocycles. The first-order valence-corrected chi connectivity index (χ1v) is 8.39. The summed E-state index contributed by atoms with van der Waals surface area (Å²) in [4.78, 5) is 38.2. The lowest BCUT2D eigenvalue weighted by atomic mass is 10.1. The Labute approximate surface area is 149 Å². The van der Waals surface area contributed by atoms with Crippen LogP contribution in [0.1, 0.15) is 18.4 Å². The van der Waals surface area contributed by atoms with E-state index in [9.17, 15) is 23.2 Å². The molecule has 0 aliphatic carbocycles. The number of hydrogen-bond donors (Lipinski definition) is 2. The second-order valence-electron chi connectivity index (χ2n) is 6.49. The Morgan fingerprint density at radius 1 is 1.27 bits per heavy atom. The number of amides is 4. The Hall–Kier alpha value is -2.71. The highest BCUT2D eigenvalue weighted by Crippen LogP contribution is 2.30. The third-order valence-corrected chi connectivity index (χ3v) is 4.56. The maximum absolute atomic E-state index is 14.0. The van der Waals surface area contributed by atoms with Crippen molar-refractivity contribution in [1.29, 1.82) is 0 Å². The van der Waals surface area contributed by atoms with Crippen LogP contribution in [0.4, 0.5) is 25.0 Å². The number of anilines is 2. The van der Waals surface area contributed by atoms with Crippen molar-refractivity contribution in [2.75, 3.05) is 36.9 Å². The van der Waals surface area contributed by atoms with Crippen LogP contribution in [0.15, 0.2) is 18.2 Å². The van der Waals surface area contributed by atoms with Crippen molar-refractivity contribution in [3.05, 3.63) is 23.8 Å². The molecular weight excluding hydrogens is 346 g/mol. The van der Waals surface area contributed by atoms with Crippen LogP contribution in [0.3, 0.4) is 0 Å². The van der Waals surface area contributed by atoms with Crippen molar-refractivity contribution in [1.82, 2.24) is 10.2 Å². The standard InChI is InChI=1S/C17H20F2N4O3/c1-22-13-5-4-12(8-11(13)9-14(22)24)21-16(26)23-7-3-2-6-20-15(25)17(18,19)10-23/h4-5,8H,2-3,6-7,9-10H2,1H3,(H,20,25)(H,21,26). The van der Waals surface area contributed by atoms with E-state index in [1.165, 1.54) is 4.90 Å². The summed E-state index contributed by atoms with van der Waals surface area (Å²) in [6.45, 7) is -0.685. The number of carbonyl (C=O) groups is 3. The molecule has 1 fully saturated rings. The number of rotatable bonds is 1. The highest BCUT2D eigenvalue weighted by Gasteiger charge is 2.42. The van der Waals surface area contributed by atoms with E-state index in [4.69, 9.17) is 0 Å². The van der Waals surface area contributed by atoms with Gasteiger partial charge in [-0.15, -0.1) is 0 Å². The lowest BCUT2D eigenvalue weighted by Crippen LogP contribution is -2.50. The topological polar surface area (TPSA) is 81.8 Å². The molecule has 1 aromatic carbocycles. The van der Waals surface area contributed by atoms with Crippen LogP contribution in [0.5, 0.6) is 0 Å². The van der Waals surface area contributed by atoms with Crippen molar-refractivity contribution >= 4 is 29.2 Å². The highest BCUT2D eigenvalue weighted by molar-refractivity contribution is 6.02. The van der Waals surface area contributed by atoms with Gasteiger partial charge in [0.1, 0.15) is 0 Å². The fraction of sp³-hybridized carbons (Fsp3) is 0.471. The van der Waals surface area contributed by atoms with Crippen molar-refractivity contribution in [2.45, 2.75) is 25.2 Å². The predicted octanol–water partition coefficient (Wildman–Crippen LogP) is 1.58. The molecule has 9 heteroatoms. The molecule has 2 aliphatic heterocycles. The van der Waals surface area contributed by atoms with Crippen molar-refractivity contribution < 1.29 is 23.2 Å². The van der Waals surface area contributed by atoms with E-state index < -0.39 is 24.4 Å². The number of halogens is 2. The monoisotopic (exact) mass is 366 g/mol. The highest BCUT2D eigenvalue weighted by atomic mass is 19.3. The van der Waals surface area contributed by atoms with E-state index in [1.807, 2.05) is 0 Å². The quantitative estimate of drug-likeness (QED) is 0.792. The molecule has 0 radical (unpaired) electrons. The number of alkyl halides is 2. The average Bonchev–Trinajstić information content (AvgIpc) is 2.89. The summed E-state index contributed by atoms with van der Waals surface area (Å²) in [6, 6.07) is 4.29. The zero-order chi connectivity index (χ0) is 18.9. The van der Waals surface area contributed by atoms with E-state index >= 15 is 0 Å². The number of hydrogen-bond acceptors (Lipinski definition) is 3. The van der Waals surface area contributed by atoms with Gasteiger partial charge in [0.25, 0.3) is 5.91 Å². The summed E-state index contributed by atoms with van der Waals surface area (Å²) in [7, 11) is 1.67. The molecule has 2 aliphatic rings. The molecule has 2 N–H and O–H groups in total. The van der Waals surface area contributed by atoms with Gasteiger partial charge in [-0.3, -0.25) is 9.59 Å². The van der Waals surface area contributed by atoms with Gasteiger partial charge in [0.15, 0.2) is 0 Å². The van der Waals surface area contributed by atoms with E-state index in [1.54, 1.807) is 25.2 Å². The van der Waals surface area contributed by atoms with Crippen molar-refractivity contribution in [3.63, 3.8) is 0 Å². The molecular formula is C17H20F2N4O3. The Bertz CT molecular complexity index is 754. The summed E-state index contributed by atoms with van der Waals surface area (Å²) in [6.07, 6.45) is 1.25. The molecule has 0 aromatic heterocycles. The van der Waals surface area contributed by atoms with Gasteiger partial charge in [-0.1, -0.05) is 0 Å². The first-order valence-electron chi connectivity index (χ1n) is 8.39. The summed E-state index contributed by atoms with van der Waals surface area (Å²) in [5.74, 6) is -5.06. The van der Waals surface area contributed by atoms with E-state index in [2.05, 4.69) is 10.6 Å². The lowest BCUT2D eigenvalue weighted by molar-refractivity contribution is -0.146. The summed E-state index contributed by atoms with van der Waals surface area (Å²) < 4.78 is 27.9.